The van der Waals surface area contributed by atoms with Crippen molar-refractivity contribution in [1.82, 2.24) is 0 Å². The Morgan fingerprint density at radius 2 is 1.92 bits per heavy atom. The molecule has 0 aliphatic heterocycles. The van der Waals surface area contributed by atoms with E-state index in [0.29, 0.717) is 18.9 Å². The highest BCUT2D eigenvalue weighted by molar-refractivity contribution is 5.82. The van der Waals surface area contributed by atoms with E-state index < -0.39 is 0 Å². The molecule has 0 aliphatic rings. The van der Waals surface area contributed by atoms with Gasteiger partial charge in [0.1, 0.15) is 6.10 Å². The first kappa shape index (κ1) is 11.6. The molecule has 0 fully saturated rings. The lowest BCUT2D eigenvalue weighted by molar-refractivity contribution is -0.130. The molecule has 0 bridgehead atoms. The highest BCUT2D eigenvalue weighted by atomic mass is 16.5. The molecule has 0 heterocycles. The fourth-order valence-electron chi connectivity index (χ4n) is 1.15. The molecule has 0 rings (SSSR count). The van der Waals surface area contributed by atoms with Gasteiger partial charge in [-0.3, -0.25) is 4.79 Å². The van der Waals surface area contributed by atoms with Crippen LogP contribution < -0.4 is 0 Å². The van der Waals surface area contributed by atoms with E-state index in [1.807, 2.05) is 13.8 Å². The first-order valence-corrected chi connectivity index (χ1v) is 4.76. The normalized spacial score (nSPS) is 13.4. The van der Waals surface area contributed by atoms with E-state index in [0.717, 1.165) is 6.42 Å². The molecule has 0 N–H and O–H groups in total. The number of rotatable bonds is 6. The molecule has 0 aromatic carbocycles. The summed E-state index contributed by atoms with van der Waals surface area (Å²) in [5.41, 5.74) is 0. The third-order valence-electron chi connectivity index (χ3n) is 1.76. The van der Waals surface area contributed by atoms with Gasteiger partial charge in [0.15, 0.2) is 5.78 Å². The predicted molar refractivity (Wildman–Crippen MR) is 50.2 cm³/mol. The standard InChI is InChI=1S/C10H20O2/c1-5-9(11)10(12-6-2)7-8(3)4/h8,10H,5-7H2,1-4H3. The van der Waals surface area contributed by atoms with Crippen LogP contribution in [0.15, 0.2) is 0 Å². The first-order chi connectivity index (χ1) is 5.61. The van der Waals surface area contributed by atoms with Gasteiger partial charge in [-0.25, -0.2) is 0 Å². The van der Waals surface area contributed by atoms with Crippen LogP contribution in [0.5, 0.6) is 0 Å². The van der Waals surface area contributed by atoms with Crippen LogP contribution in [0.3, 0.4) is 0 Å². The van der Waals surface area contributed by atoms with Gasteiger partial charge in [0.25, 0.3) is 0 Å². The maximum absolute atomic E-state index is 11.3. The van der Waals surface area contributed by atoms with E-state index in [2.05, 4.69) is 13.8 Å². The van der Waals surface area contributed by atoms with Crippen LogP contribution in [0.25, 0.3) is 0 Å². The summed E-state index contributed by atoms with van der Waals surface area (Å²) in [5, 5.41) is 0. The number of ether oxygens (including phenoxy) is 1. The average Bonchev–Trinajstić information content (AvgIpc) is 2.01. The number of hydrogen-bond acceptors (Lipinski definition) is 2. The van der Waals surface area contributed by atoms with Crippen molar-refractivity contribution in [3.05, 3.63) is 0 Å². The maximum atomic E-state index is 11.3. The molecule has 0 aromatic heterocycles. The van der Waals surface area contributed by atoms with Crippen molar-refractivity contribution in [1.29, 1.82) is 0 Å². The van der Waals surface area contributed by atoms with E-state index in [1.165, 1.54) is 0 Å². The van der Waals surface area contributed by atoms with Crippen molar-refractivity contribution in [2.24, 2.45) is 5.92 Å². The summed E-state index contributed by atoms with van der Waals surface area (Å²) in [6, 6.07) is 0. The Morgan fingerprint density at radius 1 is 1.33 bits per heavy atom. The van der Waals surface area contributed by atoms with Gasteiger partial charge in [-0.05, 0) is 19.3 Å². The molecular weight excluding hydrogens is 152 g/mol. The van der Waals surface area contributed by atoms with Gasteiger partial charge in [-0.1, -0.05) is 20.8 Å². The Morgan fingerprint density at radius 3 is 2.25 bits per heavy atom. The number of carbonyl (C=O) groups excluding carboxylic acids is 1. The van der Waals surface area contributed by atoms with Crippen molar-refractivity contribution >= 4 is 5.78 Å². The second-order valence-corrected chi connectivity index (χ2v) is 3.39. The molecule has 2 heteroatoms. The van der Waals surface area contributed by atoms with Crippen molar-refractivity contribution < 1.29 is 9.53 Å². The molecule has 0 radical (unpaired) electrons. The second-order valence-electron chi connectivity index (χ2n) is 3.39. The molecule has 1 atom stereocenters. The Labute approximate surface area is 75.3 Å². The van der Waals surface area contributed by atoms with E-state index >= 15 is 0 Å². The maximum Gasteiger partial charge on any atom is 0.161 e. The molecule has 0 aliphatic carbocycles. The van der Waals surface area contributed by atoms with Crippen molar-refractivity contribution in [3.63, 3.8) is 0 Å². The second kappa shape index (κ2) is 6.18. The van der Waals surface area contributed by atoms with Crippen LogP contribution in [-0.4, -0.2) is 18.5 Å². The molecule has 72 valence electrons. The predicted octanol–water partition coefficient (Wildman–Crippen LogP) is 2.42. The Kier molecular flexibility index (Phi) is 5.99. The lowest BCUT2D eigenvalue weighted by atomic mass is 10.0. The number of hydrogen-bond donors (Lipinski definition) is 0. The summed E-state index contributed by atoms with van der Waals surface area (Å²) in [4.78, 5) is 11.3. The van der Waals surface area contributed by atoms with Gasteiger partial charge < -0.3 is 4.74 Å². The highest BCUT2D eigenvalue weighted by Crippen LogP contribution is 2.10. The minimum absolute atomic E-state index is 0.167. The van der Waals surface area contributed by atoms with Gasteiger partial charge in [-0.15, -0.1) is 0 Å². The minimum Gasteiger partial charge on any atom is -0.371 e. The fraction of sp³-hybridized carbons (Fsp3) is 0.900. The van der Waals surface area contributed by atoms with Crippen LogP contribution in [0.4, 0.5) is 0 Å². The van der Waals surface area contributed by atoms with E-state index in [1.54, 1.807) is 0 Å². The zero-order chi connectivity index (χ0) is 9.56. The van der Waals surface area contributed by atoms with Crippen molar-refractivity contribution in [3.8, 4) is 0 Å². The van der Waals surface area contributed by atoms with Gasteiger partial charge in [0, 0.05) is 13.0 Å². The van der Waals surface area contributed by atoms with E-state index in [4.69, 9.17) is 4.74 Å². The summed E-state index contributed by atoms with van der Waals surface area (Å²) in [6.07, 6.45) is 1.26. The fourth-order valence-corrected chi connectivity index (χ4v) is 1.15. The molecule has 0 saturated carbocycles. The molecular formula is C10H20O2. The monoisotopic (exact) mass is 172 g/mol. The van der Waals surface area contributed by atoms with Crippen LogP contribution >= 0.6 is 0 Å². The Balaban J connectivity index is 3.94. The van der Waals surface area contributed by atoms with E-state index in [-0.39, 0.29) is 11.9 Å². The zero-order valence-electron chi connectivity index (χ0n) is 8.59. The van der Waals surface area contributed by atoms with Gasteiger partial charge in [0.05, 0.1) is 0 Å². The first-order valence-electron chi connectivity index (χ1n) is 4.76. The average molecular weight is 172 g/mol. The quantitative estimate of drug-likeness (QED) is 0.615. The van der Waals surface area contributed by atoms with Crippen LogP contribution in [0, 0.1) is 5.92 Å². The smallest absolute Gasteiger partial charge is 0.161 e. The molecule has 2 nitrogen and oxygen atoms in total. The molecule has 0 aromatic rings. The van der Waals surface area contributed by atoms with Crippen LogP contribution in [0.1, 0.15) is 40.5 Å². The lowest BCUT2D eigenvalue weighted by Gasteiger charge is -2.16. The third kappa shape index (κ3) is 4.50. The zero-order valence-corrected chi connectivity index (χ0v) is 8.59. The molecule has 0 saturated heterocycles. The van der Waals surface area contributed by atoms with E-state index in [9.17, 15) is 4.79 Å². The molecule has 0 spiro atoms. The summed E-state index contributed by atoms with van der Waals surface area (Å²) in [7, 11) is 0. The molecule has 1 unspecified atom stereocenters. The molecule has 0 amide bonds. The SMILES string of the molecule is CCOC(CC(C)C)C(=O)CC. The Bertz CT molecular complexity index is 130. The van der Waals surface area contributed by atoms with Crippen molar-refractivity contribution in [2.75, 3.05) is 6.61 Å². The van der Waals surface area contributed by atoms with Crippen LogP contribution in [-0.2, 0) is 9.53 Å². The minimum atomic E-state index is -0.167. The lowest BCUT2D eigenvalue weighted by Crippen LogP contribution is -2.25. The number of ketones is 1. The third-order valence-corrected chi connectivity index (χ3v) is 1.76. The van der Waals surface area contributed by atoms with Gasteiger partial charge in [-0.2, -0.15) is 0 Å². The van der Waals surface area contributed by atoms with Gasteiger partial charge in [0.2, 0.25) is 0 Å². The van der Waals surface area contributed by atoms with Crippen LogP contribution in [0.2, 0.25) is 0 Å². The largest absolute Gasteiger partial charge is 0.371 e. The van der Waals surface area contributed by atoms with Crippen molar-refractivity contribution in [2.45, 2.75) is 46.6 Å². The topological polar surface area (TPSA) is 26.3 Å². The summed E-state index contributed by atoms with van der Waals surface area (Å²) in [6.45, 7) is 8.65. The number of Topliss-reactive ketones (excluding diaryl/α,β-unsaturated/α-hetero) is 1. The highest BCUT2D eigenvalue weighted by Gasteiger charge is 2.17. The summed E-state index contributed by atoms with van der Waals surface area (Å²) >= 11 is 0. The van der Waals surface area contributed by atoms with Gasteiger partial charge >= 0.3 is 0 Å². The Hall–Kier alpha value is -0.370. The summed E-state index contributed by atoms with van der Waals surface area (Å²) < 4.78 is 5.36. The number of carbonyl (C=O) groups is 1. The molecule has 12 heavy (non-hydrogen) atoms. The summed E-state index contributed by atoms with van der Waals surface area (Å²) in [5.74, 6) is 0.752.